The molecule has 0 unspecified atom stereocenters. The first-order valence-electron chi connectivity index (χ1n) is 9.58. The Hall–Kier alpha value is -2.75. The van der Waals surface area contributed by atoms with Crippen LogP contribution in [-0.2, 0) is 13.0 Å². The fourth-order valence-corrected chi connectivity index (χ4v) is 3.20. The lowest BCUT2D eigenvalue weighted by molar-refractivity contribution is 0.0950. The summed E-state index contributed by atoms with van der Waals surface area (Å²) in [5.41, 5.74) is 2.65. The molecule has 0 spiro atoms. The number of nitrogens with one attached hydrogen (secondary N) is 1. The van der Waals surface area contributed by atoms with E-state index in [-0.39, 0.29) is 18.3 Å². The molecule has 0 saturated heterocycles. The second kappa shape index (κ2) is 9.26. The first-order valence-corrected chi connectivity index (χ1v) is 9.58. The van der Waals surface area contributed by atoms with Crippen LogP contribution in [0.2, 0.25) is 0 Å². The number of hydrogen-bond donors (Lipinski definition) is 1. The largest absolute Gasteiger partial charge is 0.348 e. The summed E-state index contributed by atoms with van der Waals surface area (Å²) in [6.07, 6.45) is 6.92. The molecule has 1 heterocycles. The van der Waals surface area contributed by atoms with E-state index in [1.165, 1.54) is 12.8 Å². The molecular formula is C23H25FN2O. The number of unbranched alkanes of at least 4 members (excludes halogenated alkanes) is 3. The summed E-state index contributed by atoms with van der Waals surface area (Å²) in [7, 11) is 0. The van der Waals surface area contributed by atoms with Crippen molar-refractivity contribution < 1.29 is 9.18 Å². The molecule has 2 aromatic carbocycles. The topological polar surface area (TPSA) is 42.0 Å². The lowest BCUT2D eigenvalue weighted by Crippen LogP contribution is -2.23. The Bertz CT molecular complexity index is 923. The van der Waals surface area contributed by atoms with Gasteiger partial charge in [0.1, 0.15) is 5.82 Å². The van der Waals surface area contributed by atoms with Gasteiger partial charge in [0.25, 0.3) is 5.91 Å². The Balaban J connectivity index is 1.64. The molecule has 1 N–H and O–H groups in total. The highest BCUT2D eigenvalue weighted by Gasteiger charge is 2.11. The zero-order chi connectivity index (χ0) is 19.1. The quantitative estimate of drug-likeness (QED) is 0.542. The van der Waals surface area contributed by atoms with Gasteiger partial charge in [0.05, 0.1) is 5.52 Å². The third-order valence-corrected chi connectivity index (χ3v) is 4.76. The number of amides is 1. The fourth-order valence-electron chi connectivity index (χ4n) is 3.20. The number of fused-ring (bicyclic) bond motifs is 1. The molecule has 140 valence electrons. The van der Waals surface area contributed by atoms with E-state index in [1.807, 2.05) is 30.3 Å². The third-order valence-electron chi connectivity index (χ3n) is 4.76. The summed E-state index contributed by atoms with van der Waals surface area (Å²) in [5, 5.41) is 3.73. The Morgan fingerprint density at radius 2 is 1.89 bits per heavy atom. The first-order chi connectivity index (χ1) is 13.2. The van der Waals surface area contributed by atoms with E-state index < -0.39 is 0 Å². The maximum Gasteiger partial charge on any atom is 0.251 e. The zero-order valence-electron chi connectivity index (χ0n) is 15.7. The van der Waals surface area contributed by atoms with Gasteiger partial charge in [0.2, 0.25) is 0 Å². The average molecular weight is 364 g/mol. The van der Waals surface area contributed by atoms with Crippen molar-refractivity contribution in [3.05, 3.63) is 77.2 Å². The van der Waals surface area contributed by atoms with Crippen molar-refractivity contribution in [2.45, 2.75) is 45.6 Å². The molecule has 27 heavy (non-hydrogen) atoms. The van der Waals surface area contributed by atoms with E-state index in [1.54, 1.807) is 24.4 Å². The molecule has 1 amide bonds. The molecule has 0 aliphatic heterocycles. The second-order valence-electron chi connectivity index (χ2n) is 6.79. The van der Waals surface area contributed by atoms with Gasteiger partial charge in [0.15, 0.2) is 0 Å². The highest BCUT2D eigenvalue weighted by molar-refractivity contribution is 5.97. The first kappa shape index (κ1) is 19.0. The number of hydrogen-bond acceptors (Lipinski definition) is 2. The molecule has 0 saturated carbocycles. The van der Waals surface area contributed by atoms with Gasteiger partial charge in [-0.05, 0) is 42.7 Å². The van der Waals surface area contributed by atoms with Crippen LogP contribution in [0.25, 0.3) is 10.9 Å². The third kappa shape index (κ3) is 4.91. The van der Waals surface area contributed by atoms with E-state index in [4.69, 9.17) is 0 Å². The van der Waals surface area contributed by atoms with Crippen molar-refractivity contribution in [1.82, 2.24) is 10.3 Å². The standard InChI is InChI=1S/C23H25FN2O/c1-2-3-4-5-8-17-9-6-10-20(22(17)24)16-26-23(27)19-12-13-21-18(15-19)11-7-14-25-21/h6-7,9-15H,2-5,8,16H2,1H3,(H,26,27). The highest BCUT2D eigenvalue weighted by atomic mass is 19.1. The smallest absolute Gasteiger partial charge is 0.251 e. The van der Waals surface area contributed by atoms with E-state index in [2.05, 4.69) is 17.2 Å². The molecule has 0 aliphatic carbocycles. The molecule has 4 heteroatoms. The Kier molecular flexibility index (Phi) is 6.53. The Morgan fingerprint density at radius 3 is 2.74 bits per heavy atom. The molecule has 0 fully saturated rings. The van der Waals surface area contributed by atoms with Crippen LogP contribution in [0, 0.1) is 5.82 Å². The number of halogens is 1. The maximum absolute atomic E-state index is 14.7. The van der Waals surface area contributed by atoms with Gasteiger partial charge >= 0.3 is 0 Å². The predicted molar refractivity (Wildman–Crippen MR) is 107 cm³/mol. The van der Waals surface area contributed by atoms with Crippen molar-refractivity contribution in [3.63, 3.8) is 0 Å². The zero-order valence-corrected chi connectivity index (χ0v) is 15.7. The molecule has 3 rings (SSSR count). The van der Waals surface area contributed by atoms with Gasteiger partial charge in [0, 0.05) is 29.3 Å². The van der Waals surface area contributed by atoms with E-state index in [0.29, 0.717) is 11.1 Å². The van der Waals surface area contributed by atoms with Crippen LogP contribution in [-0.4, -0.2) is 10.9 Å². The summed E-state index contributed by atoms with van der Waals surface area (Å²) < 4.78 is 14.7. The number of pyridine rings is 1. The Labute approximate surface area is 159 Å². The van der Waals surface area contributed by atoms with E-state index in [9.17, 15) is 9.18 Å². The maximum atomic E-state index is 14.7. The average Bonchev–Trinajstić information content (AvgIpc) is 2.70. The van der Waals surface area contributed by atoms with Crippen LogP contribution in [0.15, 0.2) is 54.7 Å². The van der Waals surface area contributed by atoms with Crippen molar-refractivity contribution in [1.29, 1.82) is 0 Å². The van der Waals surface area contributed by atoms with Crippen molar-refractivity contribution in [3.8, 4) is 0 Å². The van der Waals surface area contributed by atoms with Gasteiger partial charge in [-0.3, -0.25) is 9.78 Å². The molecule has 0 aliphatic rings. The van der Waals surface area contributed by atoms with E-state index >= 15 is 0 Å². The number of benzene rings is 2. The minimum atomic E-state index is -0.214. The number of carbonyl (C=O) groups excluding carboxylic acids is 1. The monoisotopic (exact) mass is 364 g/mol. The van der Waals surface area contributed by atoms with Crippen LogP contribution in [0.3, 0.4) is 0 Å². The van der Waals surface area contributed by atoms with Crippen LogP contribution < -0.4 is 5.32 Å². The summed E-state index contributed by atoms with van der Waals surface area (Å²) in [6, 6.07) is 14.6. The van der Waals surface area contributed by atoms with Crippen LogP contribution in [0.4, 0.5) is 4.39 Å². The number of carbonyl (C=O) groups is 1. The Morgan fingerprint density at radius 1 is 1.04 bits per heavy atom. The van der Waals surface area contributed by atoms with Gasteiger partial charge in [-0.25, -0.2) is 4.39 Å². The molecule has 3 aromatic rings. The van der Waals surface area contributed by atoms with Gasteiger partial charge in [-0.15, -0.1) is 0 Å². The lowest BCUT2D eigenvalue weighted by atomic mass is 10.0. The van der Waals surface area contributed by atoms with E-state index in [0.717, 1.165) is 35.7 Å². The van der Waals surface area contributed by atoms with Gasteiger partial charge in [-0.1, -0.05) is 50.5 Å². The van der Waals surface area contributed by atoms with Crippen LogP contribution in [0.1, 0.15) is 54.1 Å². The SMILES string of the molecule is CCCCCCc1cccc(CNC(=O)c2ccc3ncccc3c2)c1F. The molecule has 1 aromatic heterocycles. The molecule has 0 radical (unpaired) electrons. The van der Waals surface area contributed by atoms with Gasteiger partial charge < -0.3 is 5.32 Å². The summed E-state index contributed by atoms with van der Waals surface area (Å²) in [6.45, 7) is 2.34. The highest BCUT2D eigenvalue weighted by Crippen LogP contribution is 2.17. The van der Waals surface area contributed by atoms with Crippen molar-refractivity contribution >= 4 is 16.8 Å². The van der Waals surface area contributed by atoms with Gasteiger partial charge in [-0.2, -0.15) is 0 Å². The molecular weight excluding hydrogens is 339 g/mol. The summed E-state index contributed by atoms with van der Waals surface area (Å²) in [5.74, 6) is -0.412. The van der Waals surface area contributed by atoms with Crippen molar-refractivity contribution in [2.75, 3.05) is 0 Å². The minimum absolute atomic E-state index is 0.179. The summed E-state index contributed by atoms with van der Waals surface area (Å²) in [4.78, 5) is 16.7. The normalized spacial score (nSPS) is 10.9. The second-order valence-corrected chi connectivity index (χ2v) is 6.79. The van der Waals surface area contributed by atoms with Crippen LogP contribution in [0.5, 0.6) is 0 Å². The number of rotatable bonds is 8. The lowest BCUT2D eigenvalue weighted by Gasteiger charge is -2.10. The molecule has 0 atom stereocenters. The number of aromatic nitrogens is 1. The fraction of sp³-hybridized carbons (Fsp3) is 0.304. The number of nitrogens with zero attached hydrogens (tertiary/aromatic N) is 1. The molecule has 3 nitrogen and oxygen atoms in total. The predicted octanol–water partition coefficient (Wildman–Crippen LogP) is 5.43. The molecule has 0 bridgehead atoms. The van der Waals surface area contributed by atoms with Crippen LogP contribution >= 0.6 is 0 Å². The summed E-state index contributed by atoms with van der Waals surface area (Å²) >= 11 is 0. The van der Waals surface area contributed by atoms with Crippen molar-refractivity contribution in [2.24, 2.45) is 0 Å². The minimum Gasteiger partial charge on any atom is -0.348 e. The number of aryl methyl sites for hydroxylation is 1.